The molecule has 0 N–H and O–H groups in total. The quantitative estimate of drug-likeness (QED) is 0.221. The lowest BCUT2D eigenvalue weighted by molar-refractivity contribution is 0.476. The van der Waals surface area contributed by atoms with Crippen molar-refractivity contribution < 1.29 is 9.47 Å². The third-order valence-electron chi connectivity index (χ3n) is 7.52. The lowest BCUT2D eigenvalue weighted by Gasteiger charge is -2.35. The predicted molar refractivity (Wildman–Crippen MR) is 164 cm³/mol. The number of nitriles is 1. The van der Waals surface area contributed by atoms with Crippen LogP contribution in [0.3, 0.4) is 0 Å². The molecule has 0 saturated heterocycles. The zero-order chi connectivity index (χ0) is 28.0. The van der Waals surface area contributed by atoms with E-state index in [1.54, 1.807) is 6.20 Å². The van der Waals surface area contributed by atoms with Gasteiger partial charge in [-0.2, -0.15) is 5.26 Å². The van der Waals surface area contributed by atoms with Gasteiger partial charge in [-0.15, -0.1) is 0 Å². The number of anilines is 6. The molecule has 8 rings (SSSR count). The van der Waals surface area contributed by atoms with Crippen molar-refractivity contribution in [1.29, 1.82) is 5.26 Å². The first-order valence-corrected chi connectivity index (χ1v) is 13.6. The Balaban J connectivity index is 1.40. The van der Waals surface area contributed by atoms with E-state index in [4.69, 9.17) is 14.5 Å². The normalized spacial score (nSPS) is 12.5. The van der Waals surface area contributed by atoms with Crippen molar-refractivity contribution in [1.82, 2.24) is 4.98 Å². The predicted octanol–water partition coefficient (Wildman–Crippen LogP) is 9.77. The van der Waals surface area contributed by atoms with E-state index in [-0.39, 0.29) is 0 Å². The number of para-hydroxylation sites is 8. The van der Waals surface area contributed by atoms with Gasteiger partial charge in [0.05, 0.1) is 40.1 Å². The Kier molecular flexibility index (Phi) is 5.41. The SMILES string of the molecule is N#Cc1ccc(N2c3ccccc3Oc3ccccc32)c(-c2cccnc2N2c3ccccc3Oc3ccccc32)c1. The highest BCUT2D eigenvalue weighted by molar-refractivity contribution is 5.98. The summed E-state index contributed by atoms with van der Waals surface area (Å²) in [5.41, 5.74) is 6.79. The molecule has 5 aromatic carbocycles. The summed E-state index contributed by atoms with van der Waals surface area (Å²) in [7, 11) is 0. The van der Waals surface area contributed by atoms with Gasteiger partial charge in [0.25, 0.3) is 0 Å². The van der Waals surface area contributed by atoms with E-state index in [1.165, 1.54) is 0 Å². The number of fused-ring (bicyclic) bond motifs is 4. The van der Waals surface area contributed by atoms with Crippen LogP contribution in [0, 0.1) is 11.3 Å². The Hall–Kier alpha value is -6.06. The van der Waals surface area contributed by atoms with Gasteiger partial charge >= 0.3 is 0 Å². The van der Waals surface area contributed by atoms with Crippen molar-refractivity contribution in [3.05, 3.63) is 139 Å². The summed E-state index contributed by atoms with van der Waals surface area (Å²) < 4.78 is 12.6. The molecule has 6 aromatic rings. The number of pyridine rings is 1. The van der Waals surface area contributed by atoms with Crippen LogP contribution in [0.2, 0.25) is 0 Å². The van der Waals surface area contributed by atoms with Crippen molar-refractivity contribution in [3.8, 4) is 40.2 Å². The third kappa shape index (κ3) is 3.69. The molecule has 0 atom stereocenters. The number of hydrogen-bond donors (Lipinski definition) is 0. The van der Waals surface area contributed by atoms with Gasteiger partial charge in [-0.3, -0.25) is 4.90 Å². The van der Waals surface area contributed by atoms with Gasteiger partial charge in [-0.1, -0.05) is 48.5 Å². The second-order valence-corrected chi connectivity index (χ2v) is 9.96. The van der Waals surface area contributed by atoms with E-state index >= 15 is 0 Å². The van der Waals surface area contributed by atoms with E-state index in [0.29, 0.717) is 5.56 Å². The summed E-state index contributed by atoms with van der Waals surface area (Å²) in [6.07, 6.45) is 1.80. The van der Waals surface area contributed by atoms with Crippen molar-refractivity contribution in [2.45, 2.75) is 0 Å². The van der Waals surface area contributed by atoms with Gasteiger partial charge < -0.3 is 14.4 Å². The molecule has 6 heteroatoms. The van der Waals surface area contributed by atoms with Crippen LogP contribution in [0.1, 0.15) is 5.56 Å². The molecular formula is C36H22N4O2. The summed E-state index contributed by atoms with van der Waals surface area (Å²) in [5.74, 6) is 3.74. The van der Waals surface area contributed by atoms with Gasteiger partial charge in [-0.25, -0.2) is 4.98 Å². The molecule has 0 aliphatic carbocycles. The Morgan fingerprint density at radius 3 is 1.52 bits per heavy atom. The highest BCUT2D eigenvalue weighted by atomic mass is 16.5. The fourth-order valence-corrected chi connectivity index (χ4v) is 5.70. The van der Waals surface area contributed by atoms with Crippen LogP contribution in [0.15, 0.2) is 134 Å². The molecule has 0 bridgehead atoms. The number of hydrogen-bond acceptors (Lipinski definition) is 6. The Bertz CT molecular complexity index is 1960. The Labute approximate surface area is 242 Å². The average Bonchev–Trinajstić information content (AvgIpc) is 3.06. The lowest BCUT2D eigenvalue weighted by atomic mass is 9.98. The molecule has 42 heavy (non-hydrogen) atoms. The fourth-order valence-electron chi connectivity index (χ4n) is 5.70. The Morgan fingerprint density at radius 2 is 1.00 bits per heavy atom. The molecule has 0 spiro atoms. The molecule has 0 fully saturated rings. The van der Waals surface area contributed by atoms with Crippen LogP contribution >= 0.6 is 0 Å². The molecule has 2 aliphatic heterocycles. The van der Waals surface area contributed by atoms with Crippen LogP contribution in [0.25, 0.3) is 11.1 Å². The molecule has 1 aromatic heterocycles. The first-order chi connectivity index (χ1) is 20.8. The topological polar surface area (TPSA) is 61.6 Å². The molecule has 2 aliphatic rings. The number of nitrogens with zero attached hydrogens (tertiary/aromatic N) is 4. The fraction of sp³-hybridized carbons (Fsp3) is 0. The maximum absolute atomic E-state index is 9.98. The number of aromatic nitrogens is 1. The van der Waals surface area contributed by atoms with Gasteiger partial charge in [0, 0.05) is 17.3 Å². The molecular weight excluding hydrogens is 520 g/mol. The summed E-state index contributed by atoms with van der Waals surface area (Å²) >= 11 is 0. The van der Waals surface area contributed by atoms with E-state index < -0.39 is 0 Å². The minimum absolute atomic E-state index is 0.557. The maximum atomic E-state index is 9.98. The monoisotopic (exact) mass is 542 g/mol. The molecule has 0 saturated carbocycles. The molecule has 3 heterocycles. The van der Waals surface area contributed by atoms with Gasteiger partial charge in [0.2, 0.25) is 0 Å². The summed E-state index contributed by atoms with van der Waals surface area (Å²) in [4.78, 5) is 9.28. The summed E-state index contributed by atoms with van der Waals surface area (Å²) in [5, 5.41) is 9.98. The second-order valence-electron chi connectivity index (χ2n) is 9.96. The van der Waals surface area contributed by atoms with Gasteiger partial charge in [-0.05, 0) is 78.9 Å². The van der Waals surface area contributed by atoms with E-state index in [9.17, 15) is 5.26 Å². The highest BCUT2D eigenvalue weighted by Crippen LogP contribution is 2.55. The van der Waals surface area contributed by atoms with E-state index in [2.05, 4.69) is 21.9 Å². The largest absolute Gasteiger partial charge is 0.453 e. The first kappa shape index (κ1) is 23.8. The van der Waals surface area contributed by atoms with Crippen molar-refractivity contribution >= 4 is 34.3 Å². The first-order valence-electron chi connectivity index (χ1n) is 13.6. The van der Waals surface area contributed by atoms with Crippen LogP contribution in [-0.4, -0.2) is 4.98 Å². The van der Waals surface area contributed by atoms with Crippen molar-refractivity contribution in [3.63, 3.8) is 0 Å². The van der Waals surface area contributed by atoms with Gasteiger partial charge in [0.15, 0.2) is 23.0 Å². The van der Waals surface area contributed by atoms with Crippen LogP contribution in [-0.2, 0) is 0 Å². The smallest absolute Gasteiger partial charge is 0.151 e. The van der Waals surface area contributed by atoms with E-state index in [0.717, 1.165) is 68.4 Å². The minimum atomic E-state index is 0.557. The van der Waals surface area contributed by atoms with E-state index in [1.807, 2.05) is 121 Å². The number of rotatable bonds is 3. The van der Waals surface area contributed by atoms with Crippen LogP contribution < -0.4 is 19.3 Å². The minimum Gasteiger partial charge on any atom is -0.453 e. The van der Waals surface area contributed by atoms with Crippen molar-refractivity contribution in [2.75, 3.05) is 9.80 Å². The second kappa shape index (κ2) is 9.54. The highest BCUT2D eigenvalue weighted by Gasteiger charge is 2.31. The van der Waals surface area contributed by atoms with Crippen LogP contribution in [0.5, 0.6) is 23.0 Å². The van der Waals surface area contributed by atoms with Gasteiger partial charge in [0.1, 0.15) is 5.82 Å². The molecule has 0 amide bonds. The standard InChI is InChI=1S/C36H22N4O2/c37-23-24-19-20-27(39-28-11-1-5-15-32(28)41-33-16-6-2-12-29(33)39)26(22-24)25-10-9-21-38-36(25)40-30-13-3-7-17-34(30)42-35-18-8-4-14-31(35)40/h1-22H. The summed E-state index contributed by atoms with van der Waals surface area (Å²) in [6.45, 7) is 0. The third-order valence-corrected chi connectivity index (χ3v) is 7.52. The maximum Gasteiger partial charge on any atom is 0.151 e. The average molecular weight is 543 g/mol. The molecule has 6 nitrogen and oxygen atoms in total. The van der Waals surface area contributed by atoms with Crippen molar-refractivity contribution in [2.24, 2.45) is 0 Å². The molecule has 0 radical (unpaired) electrons. The Morgan fingerprint density at radius 1 is 0.500 bits per heavy atom. The lowest BCUT2D eigenvalue weighted by Crippen LogP contribution is -2.19. The number of ether oxygens (including phenoxy) is 2. The van der Waals surface area contributed by atoms with Crippen LogP contribution in [0.4, 0.5) is 34.3 Å². The molecule has 0 unspecified atom stereocenters. The summed E-state index contributed by atoms with van der Waals surface area (Å²) in [6, 6.07) is 44.0. The zero-order valence-electron chi connectivity index (χ0n) is 22.3. The number of benzene rings is 5. The zero-order valence-corrected chi connectivity index (χ0v) is 22.3. The molecule has 198 valence electrons.